The summed E-state index contributed by atoms with van der Waals surface area (Å²) >= 11 is 0. The summed E-state index contributed by atoms with van der Waals surface area (Å²) in [4.78, 5) is 12.3. The van der Waals surface area contributed by atoms with Crippen molar-refractivity contribution in [3.05, 3.63) is 90.0 Å². The van der Waals surface area contributed by atoms with Gasteiger partial charge in [0, 0.05) is 17.3 Å². The highest BCUT2D eigenvalue weighted by atomic mass is 32.2. The minimum Gasteiger partial charge on any atom is -0.496 e. The molecule has 0 heterocycles. The van der Waals surface area contributed by atoms with Gasteiger partial charge in [0.15, 0.2) is 0 Å². The van der Waals surface area contributed by atoms with Crippen molar-refractivity contribution in [2.75, 3.05) is 17.1 Å². The van der Waals surface area contributed by atoms with Crippen molar-refractivity contribution < 1.29 is 17.9 Å². The highest BCUT2D eigenvalue weighted by Crippen LogP contribution is 2.21. The van der Waals surface area contributed by atoms with Crippen LogP contribution < -0.4 is 14.8 Å². The Kier molecular flexibility index (Phi) is 6.54. The van der Waals surface area contributed by atoms with Crippen molar-refractivity contribution in [1.29, 1.82) is 0 Å². The number of hydrogen-bond acceptors (Lipinski definition) is 4. The monoisotopic (exact) mass is 422 g/mol. The number of carbonyl (C=O) groups excluding carboxylic acids is 1. The van der Waals surface area contributed by atoms with Crippen molar-refractivity contribution in [2.45, 2.75) is 11.8 Å². The van der Waals surface area contributed by atoms with Crippen molar-refractivity contribution in [1.82, 2.24) is 0 Å². The Morgan fingerprint density at radius 2 is 1.60 bits per heavy atom. The molecule has 2 N–H and O–H groups in total. The topological polar surface area (TPSA) is 84.5 Å². The Hall–Kier alpha value is -3.58. The molecule has 0 aliphatic heterocycles. The zero-order valence-corrected chi connectivity index (χ0v) is 17.4. The van der Waals surface area contributed by atoms with Gasteiger partial charge in [-0.15, -0.1) is 0 Å². The van der Waals surface area contributed by atoms with Gasteiger partial charge in [-0.1, -0.05) is 36.4 Å². The van der Waals surface area contributed by atoms with Gasteiger partial charge in [0.25, 0.3) is 10.0 Å². The van der Waals surface area contributed by atoms with E-state index in [4.69, 9.17) is 4.74 Å². The van der Waals surface area contributed by atoms with Crippen molar-refractivity contribution >= 4 is 33.4 Å². The summed E-state index contributed by atoms with van der Waals surface area (Å²) in [6.07, 6.45) is 3.04. The van der Waals surface area contributed by atoms with Crippen molar-refractivity contribution in [3.63, 3.8) is 0 Å². The Labute approximate surface area is 176 Å². The maximum Gasteiger partial charge on any atom is 0.261 e. The molecular formula is C23H22N2O4S. The van der Waals surface area contributed by atoms with Gasteiger partial charge in [0.2, 0.25) is 5.91 Å². The van der Waals surface area contributed by atoms with E-state index in [2.05, 4.69) is 10.0 Å². The normalized spacial score (nSPS) is 11.3. The van der Waals surface area contributed by atoms with Crippen LogP contribution in [0.1, 0.15) is 11.1 Å². The molecule has 0 saturated heterocycles. The maximum absolute atomic E-state index is 12.6. The average Bonchev–Trinajstić information content (AvgIpc) is 2.74. The third-order valence-electron chi connectivity index (χ3n) is 4.37. The molecule has 6 nitrogen and oxygen atoms in total. The molecule has 0 bridgehead atoms. The second-order valence-corrected chi connectivity index (χ2v) is 8.19. The molecule has 1 amide bonds. The Bertz CT molecular complexity index is 1170. The minimum atomic E-state index is -3.73. The molecule has 0 fully saturated rings. The first kappa shape index (κ1) is 21.1. The fourth-order valence-corrected chi connectivity index (χ4v) is 3.89. The number of carbonyl (C=O) groups is 1. The number of rotatable bonds is 7. The van der Waals surface area contributed by atoms with E-state index in [0.29, 0.717) is 17.1 Å². The predicted octanol–water partition coefficient (Wildman–Crippen LogP) is 4.46. The van der Waals surface area contributed by atoms with Gasteiger partial charge in [-0.2, -0.15) is 0 Å². The summed E-state index contributed by atoms with van der Waals surface area (Å²) in [5.74, 6) is 0.326. The lowest BCUT2D eigenvalue weighted by atomic mass is 10.2. The van der Waals surface area contributed by atoms with E-state index in [9.17, 15) is 13.2 Å². The molecule has 0 aliphatic rings. The molecule has 0 radical (unpaired) electrons. The van der Waals surface area contributed by atoms with Gasteiger partial charge in [-0.25, -0.2) is 8.42 Å². The lowest BCUT2D eigenvalue weighted by Crippen LogP contribution is -2.14. The van der Waals surface area contributed by atoms with Crippen LogP contribution in [0, 0.1) is 6.92 Å². The molecule has 7 heteroatoms. The van der Waals surface area contributed by atoms with E-state index >= 15 is 0 Å². The largest absolute Gasteiger partial charge is 0.496 e. The van der Waals surface area contributed by atoms with E-state index in [-0.39, 0.29) is 10.8 Å². The van der Waals surface area contributed by atoms with Crippen molar-refractivity contribution in [3.8, 4) is 5.75 Å². The number of methoxy groups -OCH3 is 1. The van der Waals surface area contributed by atoms with Crippen LogP contribution >= 0.6 is 0 Å². The summed E-state index contributed by atoms with van der Waals surface area (Å²) in [7, 11) is -2.16. The van der Waals surface area contributed by atoms with Gasteiger partial charge in [0.05, 0.1) is 17.7 Å². The lowest BCUT2D eigenvalue weighted by molar-refractivity contribution is -0.111. The maximum atomic E-state index is 12.6. The van der Waals surface area contributed by atoms with Crippen LogP contribution in [0.2, 0.25) is 0 Å². The van der Waals surface area contributed by atoms with E-state index < -0.39 is 10.0 Å². The van der Waals surface area contributed by atoms with Crippen LogP contribution in [0.5, 0.6) is 5.75 Å². The Morgan fingerprint density at radius 3 is 2.30 bits per heavy atom. The highest BCUT2D eigenvalue weighted by molar-refractivity contribution is 7.92. The van der Waals surface area contributed by atoms with E-state index in [1.807, 2.05) is 43.3 Å². The van der Waals surface area contributed by atoms with Gasteiger partial charge in [-0.3, -0.25) is 9.52 Å². The first-order valence-corrected chi connectivity index (χ1v) is 10.7. The van der Waals surface area contributed by atoms with Crippen LogP contribution in [0.4, 0.5) is 11.4 Å². The molecule has 0 saturated carbocycles. The van der Waals surface area contributed by atoms with Crippen LogP contribution in [-0.4, -0.2) is 21.4 Å². The predicted molar refractivity (Wildman–Crippen MR) is 119 cm³/mol. The molecule has 0 spiro atoms. The fraction of sp³-hybridized carbons (Fsp3) is 0.0870. The molecule has 0 unspecified atom stereocenters. The number of aryl methyl sites for hydroxylation is 1. The van der Waals surface area contributed by atoms with E-state index in [1.165, 1.54) is 18.2 Å². The highest BCUT2D eigenvalue weighted by Gasteiger charge is 2.15. The second kappa shape index (κ2) is 9.28. The summed E-state index contributed by atoms with van der Waals surface area (Å²) in [6, 6.07) is 20.5. The number of anilines is 2. The third-order valence-corrected chi connectivity index (χ3v) is 5.76. The minimum absolute atomic E-state index is 0.105. The third kappa shape index (κ3) is 5.27. The first-order chi connectivity index (χ1) is 14.4. The number of nitrogens with one attached hydrogen (secondary N) is 2. The quantitative estimate of drug-likeness (QED) is 0.551. The Balaban J connectivity index is 1.67. The smallest absolute Gasteiger partial charge is 0.261 e. The zero-order chi connectivity index (χ0) is 21.6. The van der Waals surface area contributed by atoms with Gasteiger partial charge >= 0.3 is 0 Å². The number of sulfonamides is 1. The Morgan fingerprint density at radius 1 is 0.933 bits per heavy atom. The summed E-state index contributed by atoms with van der Waals surface area (Å²) in [5, 5.41) is 2.71. The molecular weight excluding hydrogens is 400 g/mol. The van der Waals surface area contributed by atoms with Crippen LogP contribution in [-0.2, 0) is 14.8 Å². The van der Waals surface area contributed by atoms with Crippen molar-refractivity contribution in [2.24, 2.45) is 0 Å². The average molecular weight is 423 g/mol. The van der Waals surface area contributed by atoms with Gasteiger partial charge in [-0.05, 0) is 55.0 Å². The molecule has 0 aliphatic carbocycles. The van der Waals surface area contributed by atoms with Crippen LogP contribution in [0.25, 0.3) is 6.08 Å². The number of para-hydroxylation sites is 2. The number of hydrogen-bond donors (Lipinski definition) is 2. The molecule has 30 heavy (non-hydrogen) atoms. The standard InChI is InChI=1S/C23H22N2O4S/c1-17-7-3-5-9-21(17)25-30(27,28)20-14-12-19(13-15-20)24-23(26)16-11-18-8-4-6-10-22(18)29-2/h3-16,25H,1-2H3,(H,24,26)/b16-11+. The van der Waals surface area contributed by atoms with E-state index in [0.717, 1.165) is 11.1 Å². The molecule has 0 aromatic heterocycles. The molecule has 154 valence electrons. The molecule has 3 aromatic carbocycles. The summed E-state index contributed by atoms with van der Waals surface area (Å²) < 4.78 is 33.0. The zero-order valence-electron chi connectivity index (χ0n) is 16.6. The number of amides is 1. The van der Waals surface area contributed by atoms with Crippen LogP contribution in [0.15, 0.2) is 83.8 Å². The summed E-state index contributed by atoms with van der Waals surface area (Å²) in [6.45, 7) is 1.83. The first-order valence-electron chi connectivity index (χ1n) is 9.19. The molecule has 3 rings (SSSR count). The SMILES string of the molecule is COc1ccccc1/C=C/C(=O)Nc1ccc(S(=O)(=O)Nc2ccccc2C)cc1. The molecule has 0 atom stereocenters. The number of benzene rings is 3. The van der Waals surface area contributed by atoms with Crippen LogP contribution in [0.3, 0.4) is 0 Å². The second-order valence-electron chi connectivity index (χ2n) is 6.51. The lowest BCUT2D eigenvalue weighted by Gasteiger charge is -2.11. The van der Waals surface area contributed by atoms with Gasteiger partial charge < -0.3 is 10.1 Å². The van der Waals surface area contributed by atoms with Gasteiger partial charge in [0.1, 0.15) is 5.75 Å². The summed E-state index contributed by atoms with van der Waals surface area (Å²) in [5.41, 5.74) is 2.61. The van der Waals surface area contributed by atoms with E-state index in [1.54, 1.807) is 37.5 Å². The molecule has 3 aromatic rings. The number of ether oxygens (including phenoxy) is 1. The fourth-order valence-electron chi connectivity index (χ4n) is 2.76.